The average molecular weight is 819 g/mol. The summed E-state index contributed by atoms with van der Waals surface area (Å²) < 4.78 is 0. The predicted molar refractivity (Wildman–Crippen MR) is 274 cm³/mol. The number of rotatable bonds is 2. The van der Waals surface area contributed by atoms with Gasteiger partial charge in [-0.05, 0) is 168 Å². The molecule has 2 atom stereocenters. The lowest BCUT2D eigenvalue weighted by Crippen LogP contribution is -2.17. The molecule has 0 amide bonds. The smallest absolute Gasteiger partial charge is 0.0206 e. The van der Waals surface area contributed by atoms with Gasteiger partial charge in [-0.15, -0.1) is 0 Å². The third kappa shape index (κ3) is 6.00. The molecule has 4 aliphatic rings. The largest absolute Gasteiger partial charge is 0.0760 e. The van der Waals surface area contributed by atoms with Crippen LogP contribution in [0.15, 0.2) is 121 Å². The molecule has 63 heavy (non-hydrogen) atoms. The van der Waals surface area contributed by atoms with E-state index in [0.717, 1.165) is 0 Å². The number of aryl methyl sites for hydroxylation is 1. The van der Waals surface area contributed by atoms with Crippen LogP contribution >= 0.6 is 0 Å². The van der Waals surface area contributed by atoms with Crippen molar-refractivity contribution in [3.63, 3.8) is 0 Å². The van der Waals surface area contributed by atoms with E-state index in [1.807, 2.05) is 0 Å². The second-order valence-electron chi connectivity index (χ2n) is 23.4. The van der Waals surface area contributed by atoms with E-state index in [4.69, 9.17) is 0 Å². The molecule has 0 saturated carbocycles. The maximum absolute atomic E-state index is 2.65. The predicted octanol–water partition coefficient (Wildman–Crippen LogP) is 17.7. The van der Waals surface area contributed by atoms with Crippen LogP contribution < -0.4 is 0 Å². The number of fused-ring (bicyclic) bond motifs is 9. The van der Waals surface area contributed by atoms with Gasteiger partial charge in [0, 0.05) is 11.8 Å². The van der Waals surface area contributed by atoms with Crippen molar-refractivity contribution in [3.8, 4) is 44.5 Å². The fraction of sp³-hybridized carbons (Fsp3) is 0.302. The van der Waals surface area contributed by atoms with Crippen LogP contribution in [0.2, 0.25) is 0 Å². The standard InChI is InChI=1S/C63H62/c1-35-24-25-48-56-43(35)20-16-23-47(56)58-54(37-26-39(60(2,3)4)31-40(27-37)61(5,6)7)53-34-50-49(46-22-17-21-45-44-19-15-14-18-36(44)30-51(50)57(45)46)33-52(53)55(59(48)58)38-28-41(62(8,9)10)32-42(29-38)63(11,12)13/h14-34,45,57H,1-13H3. The van der Waals surface area contributed by atoms with Gasteiger partial charge < -0.3 is 0 Å². The van der Waals surface area contributed by atoms with Crippen LogP contribution in [0.25, 0.3) is 83.3 Å². The Kier molecular flexibility index (Phi) is 8.38. The van der Waals surface area contributed by atoms with Gasteiger partial charge in [0.1, 0.15) is 0 Å². The van der Waals surface area contributed by atoms with E-state index >= 15 is 0 Å². The third-order valence-corrected chi connectivity index (χ3v) is 15.1. The van der Waals surface area contributed by atoms with Gasteiger partial charge in [0.15, 0.2) is 0 Å². The molecule has 0 aromatic heterocycles. The highest BCUT2D eigenvalue weighted by molar-refractivity contribution is 6.28. The zero-order valence-corrected chi connectivity index (χ0v) is 39.8. The molecule has 0 aliphatic heterocycles. The molecule has 7 aromatic carbocycles. The molecule has 7 aromatic rings. The topological polar surface area (TPSA) is 0 Å². The number of hydrogen-bond donors (Lipinski definition) is 0. The summed E-state index contributed by atoms with van der Waals surface area (Å²) in [5.74, 6) is 0.630. The Hall–Kier alpha value is -5.72. The van der Waals surface area contributed by atoms with Gasteiger partial charge in [-0.2, -0.15) is 0 Å². The van der Waals surface area contributed by atoms with E-state index < -0.39 is 0 Å². The summed E-state index contributed by atoms with van der Waals surface area (Å²) in [4.78, 5) is 0. The minimum absolute atomic E-state index is 0.0293. The fourth-order valence-electron chi connectivity index (χ4n) is 11.4. The summed E-state index contributed by atoms with van der Waals surface area (Å²) in [6, 6.07) is 41.4. The van der Waals surface area contributed by atoms with Gasteiger partial charge in [0.25, 0.3) is 0 Å². The summed E-state index contributed by atoms with van der Waals surface area (Å²) in [5.41, 5.74) is 26.0. The summed E-state index contributed by atoms with van der Waals surface area (Å²) in [7, 11) is 0. The van der Waals surface area contributed by atoms with Crippen molar-refractivity contribution in [2.45, 2.75) is 118 Å². The van der Waals surface area contributed by atoms with Crippen LogP contribution in [0.4, 0.5) is 0 Å². The van der Waals surface area contributed by atoms with Gasteiger partial charge >= 0.3 is 0 Å². The monoisotopic (exact) mass is 818 g/mol. The molecular weight excluding hydrogens is 757 g/mol. The van der Waals surface area contributed by atoms with E-state index in [-0.39, 0.29) is 21.7 Å². The van der Waals surface area contributed by atoms with Crippen molar-refractivity contribution < 1.29 is 0 Å². The molecule has 4 aliphatic carbocycles. The number of allylic oxidation sites excluding steroid dienone is 5. The van der Waals surface area contributed by atoms with Crippen LogP contribution in [0, 0.1) is 12.8 Å². The Morgan fingerprint density at radius 3 is 1.48 bits per heavy atom. The highest BCUT2D eigenvalue weighted by Gasteiger charge is 2.42. The second kappa shape index (κ2) is 13.2. The van der Waals surface area contributed by atoms with Gasteiger partial charge in [-0.1, -0.05) is 198 Å². The molecule has 0 saturated heterocycles. The first-order valence-electron chi connectivity index (χ1n) is 23.4. The Balaban J connectivity index is 1.38. The van der Waals surface area contributed by atoms with Crippen molar-refractivity contribution in [2.24, 2.45) is 5.92 Å². The van der Waals surface area contributed by atoms with E-state index in [1.165, 1.54) is 127 Å². The van der Waals surface area contributed by atoms with Crippen LogP contribution in [0.5, 0.6) is 0 Å². The van der Waals surface area contributed by atoms with Crippen molar-refractivity contribution in [3.05, 3.63) is 171 Å². The van der Waals surface area contributed by atoms with Gasteiger partial charge in [0.2, 0.25) is 0 Å². The average Bonchev–Trinajstić information content (AvgIpc) is 3.72. The van der Waals surface area contributed by atoms with Crippen molar-refractivity contribution >= 4 is 38.8 Å². The zero-order valence-electron chi connectivity index (χ0n) is 39.8. The van der Waals surface area contributed by atoms with Crippen LogP contribution in [-0.2, 0) is 21.7 Å². The molecule has 0 spiro atoms. The van der Waals surface area contributed by atoms with Crippen molar-refractivity contribution in [1.82, 2.24) is 0 Å². The SMILES string of the molecule is Cc1ccc2c3c(cccc13)-c1c-2c(-c2cc(C(C)(C)C)cc(C(C)(C)C)c2)c2cc3c(cc2c1-c1cc(C(C)(C)C)cc(C(C)(C)C)c1)C1=Cc2ccccc2C2C=CC=C3C12. The normalized spacial score (nSPS) is 17.4. The zero-order chi connectivity index (χ0) is 44.3. The molecule has 11 rings (SSSR count). The molecule has 0 heterocycles. The molecule has 0 fully saturated rings. The Morgan fingerprint density at radius 1 is 0.429 bits per heavy atom. The first-order chi connectivity index (χ1) is 29.7. The van der Waals surface area contributed by atoms with E-state index in [9.17, 15) is 0 Å². The summed E-state index contributed by atoms with van der Waals surface area (Å²) >= 11 is 0. The Bertz CT molecular complexity index is 3180. The third-order valence-electron chi connectivity index (χ3n) is 15.1. The maximum Gasteiger partial charge on any atom is 0.0206 e. The minimum atomic E-state index is -0.0303. The number of hydrogen-bond acceptors (Lipinski definition) is 0. The molecule has 0 N–H and O–H groups in total. The van der Waals surface area contributed by atoms with Crippen LogP contribution in [-0.4, -0.2) is 0 Å². The van der Waals surface area contributed by atoms with Crippen LogP contribution in [0.1, 0.15) is 139 Å². The Morgan fingerprint density at radius 2 is 0.937 bits per heavy atom. The van der Waals surface area contributed by atoms with E-state index in [0.29, 0.717) is 11.8 Å². The lowest BCUT2D eigenvalue weighted by atomic mass is 9.72. The molecule has 0 radical (unpaired) electrons. The summed E-state index contributed by atoms with van der Waals surface area (Å²) in [6.45, 7) is 30.8. The van der Waals surface area contributed by atoms with Gasteiger partial charge in [0.05, 0.1) is 0 Å². The highest BCUT2D eigenvalue weighted by Crippen LogP contribution is 2.62. The number of benzene rings is 7. The van der Waals surface area contributed by atoms with E-state index in [2.05, 4.69) is 217 Å². The lowest BCUT2D eigenvalue weighted by Gasteiger charge is -2.31. The first kappa shape index (κ1) is 40.1. The van der Waals surface area contributed by atoms with Gasteiger partial charge in [-0.25, -0.2) is 0 Å². The summed E-state index contributed by atoms with van der Waals surface area (Å²) in [6.07, 6.45) is 9.73. The first-order valence-corrected chi connectivity index (χ1v) is 23.4. The van der Waals surface area contributed by atoms with E-state index in [1.54, 1.807) is 0 Å². The molecule has 2 unspecified atom stereocenters. The molecular formula is C63H62. The summed E-state index contributed by atoms with van der Waals surface area (Å²) in [5, 5.41) is 5.42. The van der Waals surface area contributed by atoms with Crippen LogP contribution in [0.3, 0.4) is 0 Å². The quantitative estimate of drug-likeness (QED) is 0.163. The molecule has 0 bridgehead atoms. The van der Waals surface area contributed by atoms with Crippen molar-refractivity contribution in [1.29, 1.82) is 0 Å². The minimum Gasteiger partial charge on any atom is -0.0760 e. The molecule has 314 valence electrons. The van der Waals surface area contributed by atoms with Crippen molar-refractivity contribution in [2.75, 3.05) is 0 Å². The Labute approximate surface area is 376 Å². The van der Waals surface area contributed by atoms with Gasteiger partial charge in [-0.3, -0.25) is 0 Å². The highest BCUT2D eigenvalue weighted by atomic mass is 14.4. The maximum atomic E-state index is 2.65. The molecule has 0 nitrogen and oxygen atoms in total. The lowest BCUT2D eigenvalue weighted by molar-refractivity contribution is 0.568. The molecule has 0 heteroatoms. The fourth-order valence-corrected chi connectivity index (χ4v) is 11.4. The second-order valence-corrected chi connectivity index (χ2v) is 23.4.